The summed E-state index contributed by atoms with van der Waals surface area (Å²) in [6.45, 7) is 5.22. The molecule has 1 saturated carbocycles. The summed E-state index contributed by atoms with van der Waals surface area (Å²) in [5, 5.41) is 6.13. The number of benzene rings is 1. The van der Waals surface area contributed by atoms with Gasteiger partial charge < -0.3 is 9.88 Å². The van der Waals surface area contributed by atoms with Crippen LogP contribution < -0.4 is 5.32 Å². The topological polar surface area (TPSA) is 34.0 Å². The van der Waals surface area contributed by atoms with Gasteiger partial charge in [-0.05, 0) is 53.5 Å². The van der Waals surface area contributed by atoms with Crippen molar-refractivity contribution in [2.45, 2.75) is 45.7 Å². The second-order valence-electron chi connectivity index (χ2n) is 7.76. The van der Waals surface area contributed by atoms with Gasteiger partial charge in [0.15, 0.2) is 0 Å². The van der Waals surface area contributed by atoms with E-state index in [0.717, 1.165) is 32.9 Å². The number of hydrogen-bond donors (Lipinski definition) is 1. The number of carbonyl (C=O) groups is 1. The van der Waals surface area contributed by atoms with Gasteiger partial charge in [-0.15, -0.1) is 11.3 Å². The Morgan fingerprint density at radius 1 is 1.22 bits per heavy atom. The normalized spacial score (nSPS) is 22.9. The molecule has 4 rings (SSSR count). The minimum atomic E-state index is 0.0401. The molecule has 3 aromatic rings. The maximum absolute atomic E-state index is 13.1. The standard InChI is InChI=1S/C22H25ClN2OS/c1-14-4-3-5-18(15(14)2)24-22(26)20-12-21-19(10-11-27-21)25(20)13-16-6-8-17(23)9-7-16/h6-12,14-15,18H,3-5,13H2,1-2H3,(H,24,26)/t14-,15-,18-/m1/s1. The predicted octanol–water partition coefficient (Wildman–Crippen LogP) is 5.96. The molecular weight excluding hydrogens is 376 g/mol. The second kappa shape index (κ2) is 7.69. The average Bonchev–Trinajstić information content (AvgIpc) is 3.23. The molecule has 0 spiro atoms. The summed E-state index contributed by atoms with van der Waals surface area (Å²) < 4.78 is 3.28. The first-order valence-electron chi connectivity index (χ1n) is 9.65. The first-order valence-corrected chi connectivity index (χ1v) is 10.9. The van der Waals surface area contributed by atoms with Crippen molar-refractivity contribution < 1.29 is 4.79 Å². The van der Waals surface area contributed by atoms with Gasteiger partial charge in [0, 0.05) is 17.6 Å². The highest BCUT2D eigenvalue weighted by Gasteiger charge is 2.29. The lowest BCUT2D eigenvalue weighted by Crippen LogP contribution is -2.44. The van der Waals surface area contributed by atoms with Crippen molar-refractivity contribution in [3.05, 3.63) is 58.1 Å². The van der Waals surface area contributed by atoms with E-state index < -0.39 is 0 Å². The molecule has 1 aliphatic carbocycles. The Kier molecular flexibility index (Phi) is 5.29. The van der Waals surface area contributed by atoms with Crippen LogP contribution >= 0.6 is 22.9 Å². The first kappa shape index (κ1) is 18.6. The van der Waals surface area contributed by atoms with Crippen LogP contribution in [-0.2, 0) is 6.54 Å². The number of carbonyl (C=O) groups excluding carboxylic acids is 1. The number of nitrogens with one attached hydrogen (secondary N) is 1. The summed E-state index contributed by atoms with van der Waals surface area (Å²) in [5.41, 5.74) is 3.00. The summed E-state index contributed by atoms with van der Waals surface area (Å²) in [6, 6.07) is 12.2. The van der Waals surface area contributed by atoms with Gasteiger partial charge in [-0.1, -0.05) is 50.4 Å². The van der Waals surface area contributed by atoms with Gasteiger partial charge in [-0.3, -0.25) is 4.79 Å². The van der Waals surface area contributed by atoms with E-state index in [9.17, 15) is 4.79 Å². The van der Waals surface area contributed by atoms with Crippen molar-refractivity contribution in [3.8, 4) is 0 Å². The zero-order chi connectivity index (χ0) is 19.0. The lowest BCUT2D eigenvalue weighted by molar-refractivity contribution is 0.0882. The quantitative estimate of drug-likeness (QED) is 0.576. The molecule has 27 heavy (non-hydrogen) atoms. The third-order valence-corrected chi connectivity index (χ3v) is 7.14. The zero-order valence-electron chi connectivity index (χ0n) is 15.7. The number of fused-ring (bicyclic) bond motifs is 1. The third kappa shape index (κ3) is 3.78. The monoisotopic (exact) mass is 400 g/mol. The molecule has 3 nitrogen and oxygen atoms in total. The molecule has 1 fully saturated rings. The van der Waals surface area contributed by atoms with Gasteiger partial charge in [0.2, 0.25) is 0 Å². The van der Waals surface area contributed by atoms with Gasteiger partial charge >= 0.3 is 0 Å². The van der Waals surface area contributed by atoms with Crippen molar-refractivity contribution in [2.75, 3.05) is 0 Å². The van der Waals surface area contributed by atoms with Crippen molar-refractivity contribution in [2.24, 2.45) is 11.8 Å². The Labute approximate surface area is 169 Å². The first-order chi connectivity index (χ1) is 13.0. The number of halogens is 1. The molecule has 0 unspecified atom stereocenters. The van der Waals surface area contributed by atoms with Crippen molar-refractivity contribution in [1.82, 2.24) is 9.88 Å². The summed E-state index contributed by atoms with van der Waals surface area (Å²) >= 11 is 7.70. The molecule has 0 bridgehead atoms. The van der Waals surface area contributed by atoms with Crippen LogP contribution in [0.3, 0.4) is 0 Å². The van der Waals surface area contributed by atoms with Crippen LogP contribution in [0.5, 0.6) is 0 Å². The van der Waals surface area contributed by atoms with E-state index >= 15 is 0 Å². The highest BCUT2D eigenvalue weighted by atomic mass is 35.5. The van der Waals surface area contributed by atoms with Crippen LogP contribution in [-0.4, -0.2) is 16.5 Å². The van der Waals surface area contributed by atoms with Crippen molar-refractivity contribution >= 4 is 39.1 Å². The summed E-state index contributed by atoms with van der Waals surface area (Å²) in [7, 11) is 0. The molecule has 0 aliphatic heterocycles. The summed E-state index contributed by atoms with van der Waals surface area (Å²) in [4.78, 5) is 13.1. The Hall–Kier alpha value is -1.78. The van der Waals surface area contributed by atoms with Crippen LogP contribution in [0.1, 0.15) is 49.2 Å². The number of nitrogens with zero attached hydrogens (tertiary/aromatic N) is 1. The number of thiophene rings is 1. The van der Waals surface area contributed by atoms with E-state index in [1.54, 1.807) is 11.3 Å². The summed E-state index contributed by atoms with van der Waals surface area (Å²) in [6.07, 6.45) is 3.52. The Morgan fingerprint density at radius 2 is 2.00 bits per heavy atom. The van der Waals surface area contributed by atoms with Crippen molar-refractivity contribution in [1.29, 1.82) is 0 Å². The predicted molar refractivity (Wildman–Crippen MR) is 114 cm³/mol. The van der Waals surface area contributed by atoms with Crippen LogP contribution in [0, 0.1) is 11.8 Å². The molecule has 3 atom stereocenters. The average molecular weight is 401 g/mol. The summed E-state index contributed by atoms with van der Waals surface area (Å²) in [5.74, 6) is 1.22. The van der Waals surface area contributed by atoms with Crippen LogP contribution in [0.2, 0.25) is 5.02 Å². The fourth-order valence-corrected chi connectivity index (χ4v) is 5.08. The van der Waals surface area contributed by atoms with Crippen molar-refractivity contribution in [3.63, 3.8) is 0 Å². The fourth-order valence-electron chi connectivity index (χ4n) is 4.14. The third-order valence-electron chi connectivity index (χ3n) is 6.03. The molecular formula is C22H25ClN2OS. The number of amides is 1. The van der Waals surface area contributed by atoms with E-state index in [4.69, 9.17) is 11.6 Å². The van der Waals surface area contributed by atoms with E-state index in [-0.39, 0.29) is 11.9 Å². The fraction of sp³-hybridized carbons (Fsp3) is 0.409. The SMILES string of the molecule is C[C@@H]1[C@H](C)CCC[C@H]1NC(=O)c1cc2sccc2n1Cc1ccc(Cl)cc1. The number of aromatic nitrogens is 1. The van der Waals surface area contributed by atoms with Crippen LogP contribution in [0.15, 0.2) is 41.8 Å². The van der Waals surface area contributed by atoms with E-state index in [0.29, 0.717) is 18.4 Å². The highest BCUT2D eigenvalue weighted by molar-refractivity contribution is 7.17. The number of hydrogen-bond acceptors (Lipinski definition) is 2. The molecule has 142 valence electrons. The maximum atomic E-state index is 13.1. The second-order valence-corrected chi connectivity index (χ2v) is 9.14. The van der Waals surface area contributed by atoms with Crippen LogP contribution in [0.4, 0.5) is 0 Å². The molecule has 2 aromatic heterocycles. The van der Waals surface area contributed by atoms with E-state index in [1.165, 1.54) is 12.8 Å². The minimum Gasteiger partial charge on any atom is -0.348 e. The lowest BCUT2D eigenvalue weighted by atomic mass is 9.78. The molecule has 1 amide bonds. The Morgan fingerprint density at radius 3 is 2.78 bits per heavy atom. The van der Waals surface area contributed by atoms with E-state index in [2.05, 4.69) is 35.2 Å². The highest BCUT2D eigenvalue weighted by Crippen LogP contribution is 2.31. The van der Waals surface area contributed by atoms with Gasteiger partial charge in [-0.25, -0.2) is 0 Å². The zero-order valence-corrected chi connectivity index (χ0v) is 17.3. The van der Waals surface area contributed by atoms with Crippen LogP contribution in [0.25, 0.3) is 10.2 Å². The molecule has 1 aliphatic rings. The molecule has 1 N–H and O–H groups in total. The minimum absolute atomic E-state index is 0.0401. The van der Waals surface area contributed by atoms with Gasteiger partial charge in [0.1, 0.15) is 5.69 Å². The molecule has 0 radical (unpaired) electrons. The smallest absolute Gasteiger partial charge is 0.268 e. The van der Waals surface area contributed by atoms with Gasteiger partial charge in [0.05, 0.1) is 10.2 Å². The Balaban J connectivity index is 1.62. The van der Waals surface area contributed by atoms with Gasteiger partial charge in [-0.2, -0.15) is 0 Å². The molecule has 2 heterocycles. The Bertz CT molecular complexity index is 943. The molecule has 0 saturated heterocycles. The van der Waals surface area contributed by atoms with Gasteiger partial charge in [0.25, 0.3) is 5.91 Å². The molecule has 1 aromatic carbocycles. The number of rotatable bonds is 4. The van der Waals surface area contributed by atoms with E-state index in [1.807, 2.05) is 30.3 Å². The molecule has 5 heteroatoms. The lowest BCUT2D eigenvalue weighted by Gasteiger charge is -2.34. The maximum Gasteiger partial charge on any atom is 0.268 e. The largest absolute Gasteiger partial charge is 0.348 e.